The summed E-state index contributed by atoms with van der Waals surface area (Å²) >= 11 is 5.33. The van der Waals surface area contributed by atoms with Crippen molar-refractivity contribution in [1.82, 2.24) is 10.2 Å². The molecule has 0 unspecified atom stereocenters. The summed E-state index contributed by atoms with van der Waals surface area (Å²) in [5.74, 6) is 1.44. The standard InChI is InChI=1S/C15H16N2O3S/c1-8-13(9(2)18)14(16-15(21)17(8)3)10-4-5-11-12(6-10)20-7-19-11/h4-6,14H,7H2,1-3H3,(H,16,21)/t14-/m1/s1. The van der Waals surface area contributed by atoms with Crippen molar-refractivity contribution in [3.63, 3.8) is 0 Å². The number of allylic oxidation sites excluding steroid dienone is 1. The van der Waals surface area contributed by atoms with Gasteiger partial charge in [0.05, 0.1) is 6.04 Å². The summed E-state index contributed by atoms with van der Waals surface area (Å²) in [5.41, 5.74) is 2.51. The van der Waals surface area contributed by atoms with Crippen molar-refractivity contribution in [3.8, 4) is 11.5 Å². The van der Waals surface area contributed by atoms with Gasteiger partial charge in [-0.15, -0.1) is 0 Å². The third-order valence-corrected chi connectivity index (χ3v) is 4.25. The monoisotopic (exact) mass is 304 g/mol. The molecule has 2 heterocycles. The van der Waals surface area contributed by atoms with E-state index in [0.29, 0.717) is 16.4 Å². The second-order valence-electron chi connectivity index (χ2n) is 5.11. The normalized spacial score (nSPS) is 20.6. The molecule has 21 heavy (non-hydrogen) atoms. The van der Waals surface area contributed by atoms with E-state index < -0.39 is 0 Å². The van der Waals surface area contributed by atoms with Crippen molar-refractivity contribution in [2.24, 2.45) is 0 Å². The predicted molar refractivity (Wildman–Crippen MR) is 82.2 cm³/mol. The second-order valence-corrected chi connectivity index (χ2v) is 5.50. The van der Waals surface area contributed by atoms with Crippen LogP contribution in [-0.4, -0.2) is 29.6 Å². The number of carbonyl (C=O) groups excluding carboxylic acids is 1. The van der Waals surface area contributed by atoms with E-state index in [1.54, 1.807) is 6.92 Å². The highest BCUT2D eigenvalue weighted by atomic mass is 32.1. The zero-order chi connectivity index (χ0) is 15.1. The fourth-order valence-electron chi connectivity index (χ4n) is 2.64. The molecule has 1 aromatic carbocycles. The maximum absolute atomic E-state index is 12.1. The molecular formula is C15H16N2O3S. The smallest absolute Gasteiger partial charge is 0.231 e. The first-order valence-electron chi connectivity index (χ1n) is 6.64. The fraction of sp³-hybridized carbons (Fsp3) is 0.333. The molecule has 110 valence electrons. The van der Waals surface area contributed by atoms with Gasteiger partial charge in [0.1, 0.15) is 0 Å². The minimum atomic E-state index is -0.263. The summed E-state index contributed by atoms with van der Waals surface area (Å²) in [7, 11) is 1.85. The largest absolute Gasteiger partial charge is 0.454 e. The Morgan fingerprint density at radius 3 is 2.81 bits per heavy atom. The van der Waals surface area contributed by atoms with Crippen molar-refractivity contribution in [1.29, 1.82) is 0 Å². The van der Waals surface area contributed by atoms with E-state index in [2.05, 4.69) is 5.32 Å². The molecule has 2 aliphatic heterocycles. The van der Waals surface area contributed by atoms with Gasteiger partial charge < -0.3 is 19.7 Å². The number of hydrogen-bond donors (Lipinski definition) is 1. The summed E-state index contributed by atoms with van der Waals surface area (Å²) in [4.78, 5) is 13.9. The van der Waals surface area contributed by atoms with Crippen molar-refractivity contribution in [2.45, 2.75) is 19.9 Å². The molecule has 1 N–H and O–H groups in total. The van der Waals surface area contributed by atoms with Gasteiger partial charge in [-0.2, -0.15) is 0 Å². The van der Waals surface area contributed by atoms with Crippen LogP contribution in [0, 0.1) is 0 Å². The maximum atomic E-state index is 12.1. The van der Waals surface area contributed by atoms with Gasteiger partial charge in [0.25, 0.3) is 0 Å². The number of benzene rings is 1. The van der Waals surface area contributed by atoms with Crippen LogP contribution in [0.2, 0.25) is 0 Å². The average molecular weight is 304 g/mol. The predicted octanol–water partition coefficient (Wildman–Crippen LogP) is 2.14. The van der Waals surface area contributed by atoms with Crippen molar-refractivity contribution < 1.29 is 14.3 Å². The Morgan fingerprint density at radius 2 is 2.10 bits per heavy atom. The Labute approximate surface area is 128 Å². The van der Waals surface area contributed by atoms with Gasteiger partial charge in [0.2, 0.25) is 6.79 Å². The molecule has 1 atom stereocenters. The van der Waals surface area contributed by atoms with Gasteiger partial charge in [-0.3, -0.25) is 4.79 Å². The van der Waals surface area contributed by atoms with Crippen LogP contribution < -0.4 is 14.8 Å². The molecule has 0 aliphatic carbocycles. The lowest BCUT2D eigenvalue weighted by molar-refractivity contribution is -0.114. The number of ether oxygens (including phenoxy) is 2. The van der Waals surface area contributed by atoms with E-state index in [4.69, 9.17) is 21.7 Å². The van der Waals surface area contributed by atoms with Crippen molar-refractivity contribution >= 4 is 23.1 Å². The fourth-order valence-corrected chi connectivity index (χ4v) is 2.89. The van der Waals surface area contributed by atoms with Crippen LogP contribution in [-0.2, 0) is 4.79 Å². The van der Waals surface area contributed by atoms with Gasteiger partial charge in [0, 0.05) is 18.3 Å². The van der Waals surface area contributed by atoms with Crippen molar-refractivity contribution in [2.75, 3.05) is 13.8 Å². The van der Waals surface area contributed by atoms with Gasteiger partial charge >= 0.3 is 0 Å². The number of carbonyl (C=O) groups is 1. The number of thiocarbonyl (C=S) groups is 1. The second kappa shape index (κ2) is 5.04. The summed E-state index contributed by atoms with van der Waals surface area (Å²) in [6, 6.07) is 5.41. The van der Waals surface area contributed by atoms with Crippen LogP contribution in [0.1, 0.15) is 25.5 Å². The van der Waals surface area contributed by atoms with Crippen LogP contribution in [0.15, 0.2) is 29.5 Å². The van der Waals surface area contributed by atoms with E-state index in [1.165, 1.54) is 0 Å². The first-order chi connectivity index (χ1) is 9.99. The molecule has 1 aromatic rings. The molecule has 0 fully saturated rings. The van der Waals surface area contributed by atoms with E-state index in [9.17, 15) is 4.79 Å². The first-order valence-corrected chi connectivity index (χ1v) is 7.05. The highest BCUT2D eigenvalue weighted by molar-refractivity contribution is 7.80. The number of nitrogens with zero attached hydrogens (tertiary/aromatic N) is 1. The van der Waals surface area contributed by atoms with Crippen LogP contribution in [0.25, 0.3) is 0 Å². The van der Waals surface area contributed by atoms with Crippen molar-refractivity contribution in [3.05, 3.63) is 35.0 Å². The molecule has 0 saturated heterocycles. The third kappa shape index (κ3) is 2.25. The van der Waals surface area contributed by atoms with Crippen LogP contribution >= 0.6 is 12.2 Å². The number of rotatable bonds is 2. The molecule has 0 aromatic heterocycles. The van der Waals surface area contributed by atoms with Gasteiger partial charge in [-0.25, -0.2) is 0 Å². The van der Waals surface area contributed by atoms with E-state index >= 15 is 0 Å². The number of fused-ring (bicyclic) bond motifs is 1. The molecule has 0 amide bonds. The molecule has 0 bridgehead atoms. The first kappa shape index (κ1) is 13.9. The molecule has 0 saturated carbocycles. The lowest BCUT2D eigenvalue weighted by Gasteiger charge is -2.35. The molecule has 0 spiro atoms. The van der Waals surface area contributed by atoms with Crippen LogP contribution in [0.4, 0.5) is 0 Å². The van der Waals surface area contributed by atoms with Gasteiger partial charge in [-0.1, -0.05) is 6.07 Å². The topological polar surface area (TPSA) is 50.8 Å². The van der Waals surface area contributed by atoms with Gasteiger partial charge in [-0.05, 0) is 43.8 Å². The van der Waals surface area contributed by atoms with E-state index in [-0.39, 0.29) is 18.6 Å². The molecular weight excluding hydrogens is 288 g/mol. The Bertz CT molecular complexity index is 669. The minimum Gasteiger partial charge on any atom is -0.454 e. The number of ketones is 1. The van der Waals surface area contributed by atoms with E-state index in [1.807, 2.05) is 37.1 Å². The lowest BCUT2D eigenvalue weighted by Crippen LogP contribution is -2.45. The highest BCUT2D eigenvalue weighted by Crippen LogP contribution is 2.37. The SMILES string of the molecule is CC(=O)C1=C(C)N(C)C(=S)N[C@@H]1c1ccc2c(c1)OCO2. The quantitative estimate of drug-likeness (QED) is 0.845. The zero-order valence-corrected chi connectivity index (χ0v) is 12.9. The number of hydrogen-bond acceptors (Lipinski definition) is 4. The molecule has 2 aliphatic rings. The maximum Gasteiger partial charge on any atom is 0.231 e. The molecule has 5 nitrogen and oxygen atoms in total. The van der Waals surface area contributed by atoms with Gasteiger partial charge in [0.15, 0.2) is 22.4 Å². The zero-order valence-electron chi connectivity index (χ0n) is 12.1. The Morgan fingerprint density at radius 1 is 1.38 bits per heavy atom. The average Bonchev–Trinajstić information content (AvgIpc) is 2.91. The lowest BCUT2D eigenvalue weighted by atomic mass is 9.92. The molecule has 0 radical (unpaired) electrons. The third-order valence-electron chi connectivity index (χ3n) is 3.86. The number of nitrogens with one attached hydrogen (secondary N) is 1. The molecule has 3 rings (SSSR count). The summed E-state index contributed by atoms with van der Waals surface area (Å²) < 4.78 is 10.7. The summed E-state index contributed by atoms with van der Waals surface area (Å²) in [6.45, 7) is 3.71. The van der Waals surface area contributed by atoms with Crippen LogP contribution in [0.5, 0.6) is 11.5 Å². The Hall–Kier alpha value is -2.08. The summed E-state index contributed by atoms with van der Waals surface area (Å²) in [5, 5.41) is 3.82. The Balaban J connectivity index is 2.07. The van der Waals surface area contributed by atoms with Crippen LogP contribution in [0.3, 0.4) is 0 Å². The minimum absolute atomic E-state index is 0.0250. The Kier molecular flexibility index (Phi) is 3.33. The summed E-state index contributed by atoms with van der Waals surface area (Å²) in [6.07, 6.45) is 0. The molecule has 6 heteroatoms. The highest BCUT2D eigenvalue weighted by Gasteiger charge is 2.31. The van der Waals surface area contributed by atoms with E-state index in [0.717, 1.165) is 17.0 Å². The number of Topliss-reactive ketones (excluding diaryl/α,β-unsaturated/α-hetero) is 1.